The van der Waals surface area contributed by atoms with Crippen LogP contribution in [0.15, 0.2) is 0 Å². The van der Waals surface area contributed by atoms with E-state index in [2.05, 4.69) is 0 Å². The molecule has 1 fully saturated rings. The lowest BCUT2D eigenvalue weighted by molar-refractivity contribution is -0.143. The zero-order chi connectivity index (χ0) is 13.4. The van der Waals surface area contributed by atoms with Gasteiger partial charge in [0.15, 0.2) is 0 Å². The van der Waals surface area contributed by atoms with Crippen LogP contribution in [0.5, 0.6) is 0 Å². The van der Waals surface area contributed by atoms with Crippen LogP contribution in [0.25, 0.3) is 0 Å². The summed E-state index contributed by atoms with van der Waals surface area (Å²) in [6, 6.07) is 0. The van der Waals surface area contributed by atoms with Crippen LogP contribution >= 0.6 is 0 Å². The quantitative estimate of drug-likeness (QED) is 0.670. The summed E-state index contributed by atoms with van der Waals surface area (Å²) in [6.07, 6.45) is 9.52. The van der Waals surface area contributed by atoms with E-state index in [1.165, 1.54) is 6.42 Å². The zero-order valence-corrected chi connectivity index (χ0v) is 11.5. The van der Waals surface area contributed by atoms with Crippen molar-refractivity contribution in [1.82, 2.24) is 0 Å². The first kappa shape index (κ1) is 15.2. The number of aliphatic carboxylic acids is 1. The molecule has 0 radical (unpaired) electrons. The first-order valence-electron chi connectivity index (χ1n) is 7.38. The van der Waals surface area contributed by atoms with Crippen molar-refractivity contribution in [2.75, 3.05) is 0 Å². The minimum atomic E-state index is -0.626. The topological polar surface area (TPSA) is 54.4 Å². The molecule has 1 saturated carbocycles. The Kier molecular flexibility index (Phi) is 6.99. The van der Waals surface area contributed by atoms with Crippen LogP contribution in [0, 0.1) is 11.8 Å². The monoisotopic (exact) mass is 254 g/mol. The highest BCUT2D eigenvalue weighted by Crippen LogP contribution is 2.32. The van der Waals surface area contributed by atoms with Gasteiger partial charge in [0.1, 0.15) is 5.78 Å². The number of Topliss-reactive ketones (excluding diaryl/α,β-unsaturated/α-hetero) is 1. The van der Waals surface area contributed by atoms with Gasteiger partial charge < -0.3 is 5.11 Å². The molecule has 18 heavy (non-hydrogen) atoms. The van der Waals surface area contributed by atoms with Gasteiger partial charge in [-0.3, -0.25) is 9.59 Å². The van der Waals surface area contributed by atoms with E-state index in [-0.39, 0.29) is 5.92 Å². The molecule has 0 bridgehead atoms. The molecule has 0 amide bonds. The molecule has 0 atom stereocenters. The lowest BCUT2D eigenvalue weighted by Gasteiger charge is -2.25. The summed E-state index contributed by atoms with van der Waals surface area (Å²) in [6.45, 7) is 2.04. The number of carbonyl (C=O) groups is 2. The third kappa shape index (κ3) is 5.65. The van der Waals surface area contributed by atoms with E-state index < -0.39 is 5.97 Å². The minimum absolute atomic E-state index is 0.104. The number of unbranched alkanes of at least 4 members (excludes halogenated alkanes) is 1. The van der Waals surface area contributed by atoms with E-state index >= 15 is 0 Å². The lowest BCUT2D eigenvalue weighted by atomic mass is 9.80. The van der Waals surface area contributed by atoms with Gasteiger partial charge in [-0.05, 0) is 44.4 Å². The molecule has 1 N–H and O–H groups in total. The van der Waals surface area contributed by atoms with Gasteiger partial charge in [-0.15, -0.1) is 0 Å². The lowest BCUT2D eigenvalue weighted by Crippen LogP contribution is -2.21. The van der Waals surface area contributed by atoms with E-state index in [0.29, 0.717) is 11.7 Å². The van der Waals surface area contributed by atoms with E-state index in [1.807, 2.05) is 6.92 Å². The molecule has 0 heterocycles. The summed E-state index contributed by atoms with van der Waals surface area (Å²) in [5, 5.41) is 8.91. The second-order valence-electron chi connectivity index (χ2n) is 5.59. The number of carbonyl (C=O) groups excluding carboxylic acids is 1. The molecular formula is C15H26O3. The van der Waals surface area contributed by atoms with Crippen molar-refractivity contribution < 1.29 is 14.7 Å². The smallest absolute Gasteiger partial charge is 0.306 e. The Morgan fingerprint density at radius 3 is 2.28 bits per heavy atom. The predicted octanol–water partition coefficient (Wildman–Crippen LogP) is 3.81. The standard InChI is InChI=1S/C15H26O3/c1-2-5-14(16)7-4-3-6-12-8-10-13(11-9-12)15(17)18/h12-13H,2-11H2,1H3,(H,17,18). The molecule has 0 aliphatic heterocycles. The maximum absolute atomic E-state index is 11.3. The van der Waals surface area contributed by atoms with Gasteiger partial charge in [0.2, 0.25) is 0 Å². The fourth-order valence-electron chi connectivity index (χ4n) is 2.86. The van der Waals surface area contributed by atoms with E-state index in [4.69, 9.17) is 5.11 Å². The maximum Gasteiger partial charge on any atom is 0.306 e. The van der Waals surface area contributed by atoms with E-state index in [0.717, 1.165) is 57.8 Å². The highest BCUT2D eigenvalue weighted by atomic mass is 16.4. The summed E-state index contributed by atoms with van der Waals surface area (Å²) in [7, 11) is 0. The van der Waals surface area contributed by atoms with Crippen LogP contribution in [-0.4, -0.2) is 16.9 Å². The molecule has 104 valence electrons. The highest BCUT2D eigenvalue weighted by molar-refractivity contribution is 5.78. The number of carboxylic acid groups (broad SMARTS) is 1. The Labute approximate surface area is 110 Å². The number of hydrogen-bond donors (Lipinski definition) is 1. The highest BCUT2D eigenvalue weighted by Gasteiger charge is 2.25. The van der Waals surface area contributed by atoms with Gasteiger partial charge in [-0.2, -0.15) is 0 Å². The molecule has 0 aromatic carbocycles. The fourth-order valence-corrected chi connectivity index (χ4v) is 2.86. The molecule has 0 unspecified atom stereocenters. The van der Waals surface area contributed by atoms with Crippen molar-refractivity contribution in [3.63, 3.8) is 0 Å². The first-order valence-corrected chi connectivity index (χ1v) is 7.38. The second kappa shape index (κ2) is 8.28. The summed E-state index contributed by atoms with van der Waals surface area (Å²) >= 11 is 0. The Morgan fingerprint density at radius 1 is 1.06 bits per heavy atom. The van der Waals surface area contributed by atoms with Gasteiger partial charge in [-0.25, -0.2) is 0 Å². The Bertz CT molecular complexity index is 265. The van der Waals surface area contributed by atoms with Gasteiger partial charge >= 0.3 is 5.97 Å². The fraction of sp³-hybridized carbons (Fsp3) is 0.867. The van der Waals surface area contributed by atoms with E-state index in [9.17, 15) is 9.59 Å². The number of ketones is 1. The van der Waals surface area contributed by atoms with Gasteiger partial charge in [0.05, 0.1) is 5.92 Å². The summed E-state index contributed by atoms with van der Waals surface area (Å²) in [5.74, 6) is 0.361. The van der Waals surface area contributed by atoms with Crippen LogP contribution in [0.1, 0.15) is 71.1 Å². The molecule has 1 aliphatic rings. The SMILES string of the molecule is CCCC(=O)CCCCC1CCC(C(=O)O)CC1. The van der Waals surface area contributed by atoms with Crippen molar-refractivity contribution >= 4 is 11.8 Å². The third-order valence-electron chi connectivity index (χ3n) is 4.04. The minimum Gasteiger partial charge on any atom is -0.481 e. The van der Waals surface area contributed by atoms with Crippen molar-refractivity contribution in [2.24, 2.45) is 11.8 Å². The molecule has 1 aliphatic carbocycles. The Morgan fingerprint density at radius 2 is 1.72 bits per heavy atom. The second-order valence-corrected chi connectivity index (χ2v) is 5.59. The average Bonchev–Trinajstić information content (AvgIpc) is 2.35. The van der Waals surface area contributed by atoms with Gasteiger partial charge in [0, 0.05) is 12.8 Å². The van der Waals surface area contributed by atoms with Crippen LogP contribution in [-0.2, 0) is 9.59 Å². The third-order valence-corrected chi connectivity index (χ3v) is 4.04. The van der Waals surface area contributed by atoms with Crippen LogP contribution in [0.4, 0.5) is 0 Å². The number of carboxylic acids is 1. The molecule has 3 nitrogen and oxygen atoms in total. The molecule has 0 saturated heterocycles. The molecule has 3 heteroatoms. The van der Waals surface area contributed by atoms with Gasteiger partial charge in [0.25, 0.3) is 0 Å². The Hall–Kier alpha value is -0.860. The number of rotatable bonds is 8. The number of hydrogen-bond acceptors (Lipinski definition) is 2. The van der Waals surface area contributed by atoms with Crippen molar-refractivity contribution in [3.05, 3.63) is 0 Å². The average molecular weight is 254 g/mol. The van der Waals surface area contributed by atoms with E-state index in [1.54, 1.807) is 0 Å². The summed E-state index contributed by atoms with van der Waals surface area (Å²) in [5.41, 5.74) is 0. The van der Waals surface area contributed by atoms with Crippen LogP contribution < -0.4 is 0 Å². The largest absolute Gasteiger partial charge is 0.481 e. The molecule has 0 spiro atoms. The molecule has 0 aromatic heterocycles. The van der Waals surface area contributed by atoms with Crippen LogP contribution in [0.3, 0.4) is 0 Å². The zero-order valence-electron chi connectivity index (χ0n) is 11.5. The summed E-state index contributed by atoms with van der Waals surface area (Å²) in [4.78, 5) is 22.2. The van der Waals surface area contributed by atoms with Crippen LogP contribution in [0.2, 0.25) is 0 Å². The Balaban J connectivity index is 2.04. The summed E-state index contributed by atoms with van der Waals surface area (Å²) < 4.78 is 0. The first-order chi connectivity index (χ1) is 8.63. The normalized spacial score (nSPS) is 23.8. The van der Waals surface area contributed by atoms with Crippen molar-refractivity contribution in [1.29, 1.82) is 0 Å². The van der Waals surface area contributed by atoms with Crippen molar-refractivity contribution in [2.45, 2.75) is 71.1 Å². The predicted molar refractivity (Wildman–Crippen MR) is 71.5 cm³/mol. The molecular weight excluding hydrogens is 228 g/mol. The maximum atomic E-state index is 11.3. The van der Waals surface area contributed by atoms with Gasteiger partial charge in [-0.1, -0.05) is 19.8 Å². The van der Waals surface area contributed by atoms with Crippen molar-refractivity contribution in [3.8, 4) is 0 Å². The molecule has 0 aromatic rings. The molecule has 1 rings (SSSR count).